The molecule has 2 rings (SSSR count). The normalized spacial score (nSPS) is 15.7. The Bertz CT molecular complexity index is 450. The highest BCUT2D eigenvalue weighted by Crippen LogP contribution is 2.20. The number of nitrogens with zero attached hydrogens (tertiary/aromatic N) is 1. The summed E-state index contributed by atoms with van der Waals surface area (Å²) >= 11 is 0. The molecule has 1 N–H and O–H groups in total. The molecule has 3 heteroatoms. The third-order valence-corrected chi connectivity index (χ3v) is 3.78. The molecule has 0 spiro atoms. The van der Waals surface area contributed by atoms with Crippen LogP contribution in [0.1, 0.15) is 44.4 Å². The first-order valence-electron chi connectivity index (χ1n) is 7.17. The van der Waals surface area contributed by atoms with Gasteiger partial charge in [-0.1, -0.05) is 13.0 Å². The predicted octanol–water partition coefficient (Wildman–Crippen LogP) is 2.12. The second kappa shape index (κ2) is 6.19. The van der Waals surface area contributed by atoms with E-state index in [1.807, 2.05) is 10.6 Å². The van der Waals surface area contributed by atoms with Crippen molar-refractivity contribution in [2.45, 2.75) is 58.5 Å². The average Bonchev–Trinajstić information content (AvgIpc) is 2.83. The van der Waals surface area contributed by atoms with Gasteiger partial charge in [-0.15, -0.1) is 0 Å². The van der Waals surface area contributed by atoms with E-state index in [0.717, 1.165) is 38.8 Å². The summed E-state index contributed by atoms with van der Waals surface area (Å²) in [7, 11) is 0. The summed E-state index contributed by atoms with van der Waals surface area (Å²) in [4.78, 5) is 11.9. The van der Waals surface area contributed by atoms with Crippen molar-refractivity contribution in [2.75, 3.05) is 6.54 Å². The van der Waals surface area contributed by atoms with E-state index in [1.54, 1.807) is 6.07 Å². The van der Waals surface area contributed by atoms with Crippen LogP contribution in [0.15, 0.2) is 16.9 Å². The van der Waals surface area contributed by atoms with Crippen LogP contribution in [0, 0.1) is 0 Å². The molecule has 0 aromatic carbocycles. The van der Waals surface area contributed by atoms with Gasteiger partial charge in [0, 0.05) is 24.3 Å². The van der Waals surface area contributed by atoms with Crippen LogP contribution >= 0.6 is 0 Å². The minimum atomic E-state index is 0.165. The molecule has 1 heterocycles. The highest BCUT2D eigenvalue weighted by molar-refractivity contribution is 5.25. The molecule has 0 aliphatic heterocycles. The molecule has 100 valence electrons. The SMILES string of the molecule is CCCNC(C)CCn1c2c(ccc1=O)CCC2. The minimum absolute atomic E-state index is 0.165. The van der Waals surface area contributed by atoms with Crippen molar-refractivity contribution in [2.24, 2.45) is 0 Å². The van der Waals surface area contributed by atoms with E-state index in [1.165, 1.54) is 17.7 Å². The first-order chi connectivity index (χ1) is 8.72. The number of fused-ring (bicyclic) bond motifs is 1. The van der Waals surface area contributed by atoms with Gasteiger partial charge in [0.2, 0.25) is 0 Å². The van der Waals surface area contributed by atoms with Gasteiger partial charge in [-0.2, -0.15) is 0 Å². The first-order valence-corrected chi connectivity index (χ1v) is 7.17. The van der Waals surface area contributed by atoms with Crippen LogP contribution in [-0.2, 0) is 19.4 Å². The van der Waals surface area contributed by atoms with Gasteiger partial charge in [0.15, 0.2) is 0 Å². The third kappa shape index (κ3) is 3.02. The molecule has 1 aliphatic carbocycles. The van der Waals surface area contributed by atoms with Crippen molar-refractivity contribution in [3.8, 4) is 0 Å². The Hall–Kier alpha value is -1.09. The van der Waals surface area contributed by atoms with Crippen LogP contribution in [-0.4, -0.2) is 17.2 Å². The molecule has 0 fully saturated rings. The largest absolute Gasteiger partial charge is 0.314 e. The number of hydrogen-bond donors (Lipinski definition) is 1. The van der Waals surface area contributed by atoms with Gasteiger partial charge in [0.05, 0.1) is 0 Å². The Morgan fingerprint density at radius 2 is 2.22 bits per heavy atom. The maximum atomic E-state index is 11.9. The highest BCUT2D eigenvalue weighted by Gasteiger charge is 2.15. The lowest BCUT2D eigenvalue weighted by atomic mass is 10.2. The summed E-state index contributed by atoms with van der Waals surface area (Å²) in [6.07, 6.45) is 5.59. The highest BCUT2D eigenvalue weighted by atomic mass is 16.1. The Morgan fingerprint density at radius 1 is 1.39 bits per heavy atom. The van der Waals surface area contributed by atoms with E-state index in [9.17, 15) is 4.79 Å². The molecule has 1 aromatic heterocycles. The monoisotopic (exact) mass is 248 g/mol. The molecule has 1 unspecified atom stereocenters. The van der Waals surface area contributed by atoms with E-state index in [-0.39, 0.29) is 5.56 Å². The average molecular weight is 248 g/mol. The zero-order chi connectivity index (χ0) is 13.0. The topological polar surface area (TPSA) is 34.0 Å². The number of aromatic nitrogens is 1. The van der Waals surface area contributed by atoms with Gasteiger partial charge in [-0.25, -0.2) is 0 Å². The van der Waals surface area contributed by atoms with Crippen molar-refractivity contribution >= 4 is 0 Å². The predicted molar refractivity (Wildman–Crippen MR) is 75.1 cm³/mol. The molecule has 3 nitrogen and oxygen atoms in total. The standard InChI is InChI=1S/C15H24N2O/c1-3-10-16-12(2)9-11-17-14-6-4-5-13(14)7-8-15(17)18/h7-8,12,16H,3-6,9-11H2,1-2H3. The number of hydrogen-bond acceptors (Lipinski definition) is 2. The lowest BCUT2D eigenvalue weighted by Crippen LogP contribution is -2.30. The van der Waals surface area contributed by atoms with Crippen molar-refractivity contribution in [1.29, 1.82) is 0 Å². The van der Waals surface area contributed by atoms with Crippen molar-refractivity contribution in [3.63, 3.8) is 0 Å². The second-order valence-corrected chi connectivity index (χ2v) is 5.29. The summed E-state index contributed by atoms with van der Waals surface area (Å²) in [6, 6.07) is 4.22. The fourth-order valence-electron chi connectivity index (χ4n) is 2.69. The second-order valence-electron chi connectivity index (χ2n) is 5.29. The number of pyridine rings is 1. The van der Waals surface area contributed by atoms with Gasteiger partial charge >= 0.3 is 0 Å². The van der Waals surface area contributed by atoms with E-state index in [4.69, 9.17) is 0 Å². The summed E-state index contributed by atoms with van der Waals surface area (Å²) in [6.45, 7) is 6.28. The summed E-state index contributed by atoms with van der Waals surface area (Å²) < 4.78 is 1.99. The van der Waals surface area contributed by atoms with Crippen molar-refractivity contribution < 1.29 is 0 Å². The van der Waals surface area contributed by atoms with Crippen molar-refractivity contribution in [1.82, 2.24) is 9.88 Å². The summed E-state index contributed by atoms with van der Waals surface area (Å²) in [5.41, 5.74) is 2.83. The number of nitrogens with one attached hydrogen (secondary N) is 1. The Balaban J connectivity index is 2.01. The summed E-state index contributed by atoms with van der Waals surface area (Å²) in [5, 5.41) is 3.47. The zero-order valence-corrected chi connectivity index (χ0v) is 11.5. The van der Waals surface area contributed by atoms with Gasteiger partial charge < -0.3 is 9.88 Å². The Kier molecular flexibility index (Phi) is 4.59. The number of aryl methyl sites for hydroxylation is 1. The lowest BCUT2D eigenvalue weighted by molar-refractivity contribution is 0.466. The van der Waals surface area contributed by atoms with Crippen LogP contribution in [0.25, 0.3) is 0 Å². The molecule has 0 saturated carbocycles. The molecule has 0 bridgehead atoms. The molecular formula is C15H24N2O. The molecule has 0 radical (unpaired) electrons. The van der Waals surface area contributed by atoms with Gasteiger partial charge in [-0.05, 0) is 51.1 Å². The fourth-order valence-corrected chi connectivity index (χ4v) is 2.69. The maximum absolute atomic E-state index is 11.9. The fraction of sp³-hybridized carbons (Fsp3) is 0.667. The quantitative estimate of drug-likeness (QED) is 0.836. The third-order valence-electron chi connectivity index (χ3n) is 3.78. The summed E-state index contributed by atoms with van der Waals surface area (Å²) in [5.74, 6) is 0. The number of rotatable bonds is 6. The molecular weight excluding hydrogens is 224 g/mol. The van der Waals surface area contributed by atoms with E-state index >= 15 is 0 Å². The molecule has 0 saturated heterocycles. The lowest BCUT2D eigenvalue weighted by Gasteiger charge is -2.16. The molecule has 0 amide bonds. The van der Waals surface area contributed by atoms with Gasteiger partial charge in [0.25, 0.3) is 5.56 Å². The molecule has 1 atom stereocenters. The Morgan fingerprint density at radius 3 is 3.00 bits per heavy atom. The van der Waals surface area contributed by atoms with Crippen LogP contribution in [0.3, 0.4) is 0 Å². The van der Waals surface area contributed by atoms with E-state index in [0.29, 0.717) is 6.04 Å². The van der Waals surface area contributed by atoms with Crippen LogP contribution in [0.5, 0.6) is 0 Å². The minimum Gasteiger partial charge on any atom is -0.314 e. The van der Waals surface area contributed by atoms with E-state index < -0.39 is 0 Å². The smallest absolute Gasteiger partial charge is 0.250 e. The molecule has 1 aromatic rings. The van der Waals surface area contributed by atoms with Gasteiger partial charge in [-0.3, -0.25) is 4.79 Å². The van der Waals surface area contributed by atoms with Gasteiger partial charge in [0.1, 0.15) is 0 Å². The van der Waals surface area contributed by atoms with Crippen LogP contribution in [0.2, 0.25) is 0 Å². The molecule has 18 heavy (non-hydrogen) atoms. The van der Waals surface area contributed by atoms with Crippen LogP contribution < -0.4 is 10.9 Å². The first kappa shape index (κ1) is 13.3. The zero-order valence-electron chi connectivity index (χ0n) is 11.5. The maximum Gasteiger partial charge on any atom is 0.250 e. The van der Waals surface area contributed by atoms with E-state index in [2.05, 4.69) is 19.2 Å². The van der Waals surface area contributed by atoms with Crippen LogP contribution in [0.4, 0.5) is 0 Å². The molecule has 1 aliphatic rings. The van der Waals surface area contributed by atoms with Crippen molar-refractivity contribution in [3.05, 3.63) is 33.7 Å². The Labute approximate surface area is 109 Å².